The van der Waals surface area contributed by atoms with Crippen molar-refractivity contribution in [3.05, 3.63) is 41.0 Å². The first-order valence-corrected chi connectivity index (χ1v) is 14.4. The molecule has 6 atom stereocenters. The molecule has 2 fully saturated rings. The summed E-state index contributed by atoms with van der Waals surface area (Å²) in [6.07, 6.45) is 0.819. The van der Waals surface area contributed by atoms with Crippen LogP contribution in [0, 0.1) is 17.8 Å². The van der Waals surface area contributed by atoms with Crippen molar-refractivity contribution in [2.45, 2.75) is 37.5 Å². The van der Waals surface area contributed by atoms with Crippen LogP contribution in [-0.2, 0) is 25.4 Å². The van der Waals surface area contributed by atoms with Gasteiger partial charge < -0.3 is 37.9 Å². The van der Waals surface area contributed by atoms with Gasteiger partial charge in [0, 0.05) is 26.2 Å². The quantitative estimate of drug-likeness (QED) is 0.394. The van der Waals surface area contributed by atoms with Crippen molar-refractivity contribution < 1.29 is 47.5 Å². The van der Waals surface area contributed by atoms with E-state index in [-0.39, 0.29) is 29.4 Å². The van der Waals surface area contributed by atoms with Crippen molar-refractivity contribution in [1.29, 1.82) is 0 Å². The van der Waals surface area contributed by atoms with Crippen molar-refractivity contribution in [1.82, 2.24) is 4.90 Å². The highest BCUT2D eigenvalue weighted by Crippen LogP contribution is 2.51. The summed E-state index contributed by atoms with van der Waals surface area (Å²) in [5.74, 6) is 0.953. The van der Waals surface area contributed by atoms with E-state index in [1.165, 1.54) is 39.6 Å². The Balaban J connectivity index is 1.44. The average Bonchev–Trinajstić information content (AvgIpc) is 3.04. The van der Waals surface area contributed by atoms with Gasteiger partial charge in [-0.15, -0.1) is 0 Å². The number of esters is 2. The second kappa shape index (κ2) is 12.9. The van der Waals surface area contributed by atoms with Gasteiger partial charge >= 0.3 is 11.9 Å². The summed E-state index contributed by atoms with van der Waals surface area (Å²) in [4.78, 5) is 29.4. The number of carbonyl (C=O) groups excluding carboxylic acids is 2. The number of methoxy groups -OCH3 is 7. The highest BCUT2D eigenvalue weighted by Gasteiger charge is 2.54. The molecule has 2 aromatic rings. The predicted molar refractivity (Wildman–Crippen MR) is 155 cm³/mol. The molecule has 0 amide bonds. The summed E-state index contributed by atoms with van der Waals surface area (Å²) < 4.78 is 44.7. The monoisotopic (exact) mass is 599 g/mol. The SMILES string of the molecule is COC(=O)[C@H]1[C@H]2C[C@@H]3c4cc(OC)c(OC)cc4CCN3C[C@H]2C[C@@H](OC(=O)c2cc(OC)c(OC)c(OC)c2)[C@@H]1OC. The average molecular weight is 600 g/mol. The second-order valence-corrected chi connectivity index (χ2v) is 11.2. The number of fused-ring (bicyclic) bond motifs is 4. The number of ether oxygens (including phenoxy) is 8. The summed E-state index contributed by atoms with van der Waals surface area (Å²) in [6, 6.07) is 7.33. The molecule has 5 rings (SSSR count). The highest BCUT2D eigenvalue weighted by molar-refractivity contribution is 5.91. The van der Waals surface area contributed by atoms with E-state index in [2.05, 4.69) is 17.0 Å². The summed E-state index contributed by atoms with van der Waals surface area (Å²) >= 11 is 0. The summed E-state index contributed by atoms with van der Waals surface area (Å²) in [6.45, 7) is 1.63. The number of hydrogen-bond acceptors (Lipinski definition) is 11. The zero-order chi connectivity index (χ0) is 30.8. The van der Waals surface area contributed by atoms with Crippen molar-refractivity contribution in [3.8, 4) is 28.7 Å². The maximum Gasteiger partial charge on any atom is 0.338 e. The Labute approximate surface area is 252 Å². The molecule has 0 aromatic heterocycles. The zero-order valence-corrected chi connectivity index (χ0v) is 25.8. The normalized spacial score (nSPS) is 26.2. The van der Waals surface area contributed by atoms with Gasteiger partial charge in [0.15, 0.2) is 23.0 Å². The van der Waals surface area contributed by atoms with E-state index in [1.54, 1.807) is 33.5 Å². The number of benzene rings is 2. The fourth-order valence-electron chi connectivity index (χ4n) is 7.32. The Morgan fingerprint density at radius 2 is 1.44 bits per heavy atom. The molecule has 0 N–H and O–H groups in total. The van der Waals surface area contributed by atoms with Crippen LogP contribution in [0.2, 0.25) is 0 Å². The van der Waals surface area contributed by atoms with Crippen LogP contribution in [0.3, 0.4) is 0 Å². The first-order valence-electron chi connectivity index (χ1n) is 14.4. The molecule has 0 radical (unpaired) electrons. The van der Waals surface area contributed by atoms with Crippen LogP contribution in [0.1, 0.15) is 40.4 Å². The molecule has 0 spiro atoms. The lowest BCUT2D eigenvalue weighted by atomic mass is 9.63. The first kappa shape index (κ1) is 30.7. The lowest BCUT2D eigenvalue weighted by Crippen LogP contribution is -2.58. The van der Waals surface area contributed by atoms with Gasteiger partial charge in [-0.2, -0.15) is 0 Å². The van der Waals surface area contributed by atoms with E-state index in [9.17, 15) is 9.59 Å². The largest absolute Gasteiger partial charge is 0.493 e. The highest BCUT2D eigenvalue weighted by atomic mass is 16.6. The number of piperidine rings is 1. The van der Waals surface area contributed by atoms with Crippen molar-refractivity contribution in [2.24, 2.45) is 17.8 Å². The molecule has 11 heteroatoms. The standard InChI is InChI=1S/C32H41NO10/c1-36-23-10-17-8-9-33-16-19-13-27(43-31(34)18-11-25(38-3)29(40-5)26(12-18)39-4)30(41-6)28(32(35)42-7)21(19)14-22(33)20(17)15-24(23)37-2/h10-12,15,19,21-22,27-28,30H,8-9,13-14,16H2,1-7H3/t19-,21+,22-,27-,28+,30+/m1/s1. The van der Waals surface area contributed by atoms with Gasteiger partial charge in [-0.1, -0.05) is 0 Å². The van der Waals surface area contributed by atoms with E-state index in [0.29, 0.717) is 35.2 Å². The van der Waals surface area contributed by atoms with Gasteiger partial charge in [0.25, 0.3) is 0 Å². The predicted octanol–water partition coefficient (Wildman–Crippen LogP) is 3.70. The van der Waals surface area contributed by atoms with Crippen LogP contribution < -0.4 is 23.7 Å². The van der Waals surface area contributed by atoms with Crippen LogP contribution in [0.25, 0.3) is 0 Å². The number of carbonyl (C=O) groups is 2. The minimum Gasteiger partial charge on any atom is -0.493 e. The molecule has 1 saturated heterocycles. The van der Waals surface area contributed by atoms with Crippen LogP contribution in [0.5, 0.6) is 28.7 Å². The van der Waals surface area contributed by atoms with E-state index in [4.69, 9.17) is 37.9 Å². The lowest BCUT2D eigenvalue weighted by molar-refractivity contribution is -0.176. The third-order valence-electron chi connectivity index (χ3n) is 9.30. The molecular formula is C32H41NO10. The van der Waals surface area contributed by atoms with Crippen molar-refractivity contribution >= 4 is 11.9 Å². The topological polar surface area (TPSA) is 111 Å². The molecule has 0 unspecified atom stereocenters. The summed E-state index contributed by atoms with van der Waals surface area (Å²) in [7, 11) is 10.7. The third-order valence-corrected chi connectivity index (χ3v) is 9.30. The molecule has 2 aliphatic heterocycles. The Kier molecular flexibility index (Phi) is 9.22. The van der Waals surface area contributed by atoms with Gasteiger partial charge in [0.1, 0.15) is 12.2 Å². The molecule has 1 aliphatic carbocycles. The van der Waals surface area contributed by atoms with E-state index < -0.39 is 24.1 Å². The maximum atomic E-state index is 13.5. The molecule has 11 nitrogen and oxygen atoms in total. The van der Waals surface area contributed by atoms with Crippen molar-refractivity contribution in [2.75, 3.05) is 62.9 Å². The second-order valence-electron chi connectivity index (χ2n) is 11.2. The van der Waals surface area contributed by atoms with Crippen LogP contribution in [-0.4, -0.2) is 91.9 Å². The third kappa shape index (κ3) is 5.56. The van der Waals surface area contributed by atoms with E-state index in [1.807, 2.05) is 0 Å². The van der Waals surface area contributed by atoms with Gasteiger partial charge in [0.2, 0.25) is 5.75 Å². The molecule has 234 valence electrons. The first-order chi connectivity index (χ1) is 20.8. The Hall–Kier alpha value is -3.70. The fourth-order valence-corrected chi connectivity index (χ4v) is 7.32. The van der Waals surface area contributed by atoms with Gasteiger partial charge in [-0.25, -0.2) is 4.79 Å². The Morgan fingerprint density at radius 3 is 2.02 bits per heavy atom. The number of hydrogen-bond donors (Lipinski definition) is 0. The minimum absolute atomic E-state index is 0.0335. The Bertz CT molecular complexity index is 1320. The minimum atomic E-state index is -0.681. The fraction of sp³-hybridized carbons (Fsp3) is 0.562. The summed E-state index contributed by atoms with van der Waals surface area (Å²) in [5, 5.41) is 0. The molecule has 3 aliphatic rings. The summed E-state index contributed by atoms with van der Waals surface area (Å²) in [5.41, 5.74) is 2.65. The molecule has 0 bridgehead atoms. The maximum absolute atomic E-state index is 13.5. The zero-order valence-electron chi connectivity index (χ0n) is 25.8. The number of nitrogens with zero attached hydrogens (tertiary/aromatic N) is 1. The molecular weight excluding hydrogens is 558 g/mol. The van der Waals surface area contributed by atoms with Gasteiger partial charge in [-0.05, 0) is 66.5 Å². The Morgan fingerprint density at radius 1 is 0.791 bits per heavy atom. The molecule has 2 aromatic carbocycles. The van der Waals surface area contributed by atoms with Crippen molar-refractivity contribution in [3.63, 3.8) is 0 Å². The van der Waals surface area contributed by atoms with Crippen LogP contribution >= 0.6 is 0 Å². The molecule has 2 heterocycles. The van der Waals surface area contributed by atoms with Gasteiger partial charge in [0.05, 0.1) is 54.1 Å². The molecule has 1 saturated carbocycles. The van der Waals surface area contributed by atoms with E-state index >= 15 is 0 Å². The number of rotatable bonds is 9. The smallest absolute Gasteiger partial charge is 0.338 e. The van der Waals surface area contributed by atoms with E-state index in [0.717, 1.165) is 25.9 Å². The lowest BCUT2D eigenvalue weighted by Gasteiger charge is -2.53. The molecule has 43 heavy (non-hydrogen) atoms. The van der Waals surface area contributed by atoms with Crippen LogP contribution in [0.4, 0.5) is 0 Å². The van der Waals surface area contributed by atoms with Gasteiger partial charge in [-0.3, -0.25) is 9.69 Å². The van der Waals surface area contributed by atoms with Crippen LogP contribution in [0.15, 0.2) is 24.3 Å².